The van der Waals surface area contributed by atoms with Crippen molar-refractivity contribution in [2.24, 2.45) is 5.10 Å². The molecule has 0 aromatic carbocycles. The zero-order valence-electron chi connectivity index (χ0n) is 4.33. The van der Waals surface area contributed by atoms with Gasteiger partial charge in [0.05, 0.1) is 12.3 Å². The van der Waals surface area contributed by atoms with Gasteiger partial charge in [0, 0.05) is 6.42 Å². The average Bonchev–Trinajstić information content (AvgIpc) is 2.14. The summed E-state index contributed by atoms with van der Waals surface area (Å²) in [5.74, 6) is 0. The number of hydrogen-bond acceptors (Lipinski definition) is 4. The highest BCUT2D eigenvalue weighted by molar-refractivity contribution is 5.86. The van der Waals surface area contributed by atoms with Crippen LogP contribution in [0.15, 0.2) is 5.10 Å². The van der Waals surface area contributed by atoms with Gasteiger partial charge in [0.2, 0.25) is 0 Å². The quantitative estimate of drug-likeness (QED) is 0.396. The fraction of sp³-hybridized carbons (Fsp3) is 0.750. The van der Waals surface area contributed by atoms with Gasteiger partial charge in [-0.05, 0) is 0 Å². The lowest BCUT2D eigenvalue weighted by atomic mass is 10.3. The zero-order valence-corrected chi connectivity index (χ0v) is 4.33. The SMILES string of the molecule is OCC1=NNC(O)C1. The minimum atomic E-state index is -0.586. The minimum Gasteiger partial charge on any atom is -0.390 e. The van der Waals surface area contributed by atoms with Crippen molar-refractivity contribution < 1.29 is 10.2 Å². The van der Waals surface area contributed by atoms with Gasteiger partial charge in [0.25, 0.3) is 0 Å². The smallest absolute Gasteiger partial charge is 0.145 e. The molecular weight excluding hydrogens is 108 g/mol. The second kappa shape index (κ2) is 2.11. The van der Waals surface area contributed by atoms with E-state index in [9.17, 15) is 0 Å². The van der Waals surface area contributed by atoms with Crippen LogP contribution in [0, 0.1) is 0 Å². The number of rotatable bonds is 1. The molecule has 1 atom stereocenters. The molecule has 4 nitrogen and oxygen atoms in total. The second-order valence-electron chi connectivity index (χ2n) is 1.69. The third-order valence-corrected chi connectivity index (χ3v) is 0.983. The molecule has 1 aliphatic heterocycles. The summed E-state index contributed by atoms with van der Waals surface area (Å²) in [4.78, 5) is 0. The number of nitrogens with one attached hydrogen (secondary N) is 1. The number of hydrazone groups is 1. The van der Waals surface area contributed by atoms with Crippen LogP contribution in [0.5, 0.6) is 0 Å². The van der Waals surface area contributed by atoms with Gasteiger partial charge in [-0.15, -0.1) is 0 Å². The molecular formula is C4H8N2O2. The van der Waals surface area contributed by atoms with Crippen LogP contribution in [-0.2, 0) is 0 Å². The number of hydrogen-bond donors (Lipinski definition) is 3. The molecule has 0 saturated heterocycles. The molecule has 1 heterocycles. The Morgan fingerprint density at radius 1 is 1.88 bits per heavy atom. The third-order valence-electron chi connectivity index (χ3n) is 0.983. The molecule has 0 spiro atoms. The van der Waals surface area contributed by atoms with E-state index in [1.165, 1.54) is 0 Å². The Labute approximate surface area is 46.8 Å². The van der Waals surface area contributed by atoms with E-state index >= 15 is 0 Å². The predicted molar refractivity (Wildman–Crippen MR) is 28.3 cm³/mol. The number of aliphatic hydroxyl groups excluding tert-OH is 2. The first-order valence-electron chi connectivity index (χ1n) is 2.43. The Morgan fingerprint density at radius 2 is 2.62 bits per heavy atom. The lowest BCUT2D eigenvalue weighted by Crippen LogP contribution is -2.17. The highest BCUT2D eigenvalue weighted by Crippen LogP contribution is 1.97. The summed E-state index contributed by atoms with van der Waals surface area (Å²) in [6.45, 7) is -0.0654. The molecule has 0 aromatic rings. The van der Waals surface area contributed by atoms with Crippen LogP contribution in [0.2, 0.25) is 0 Å². The van der Waals surface area contributed by atoms with E-state index in [-0.39, 0.29) is 6.61 Å². The van der Waals surface area contributed by atoms with E-state index in [1.54, 1.807) is 0 Å². The van der Waals surface area contributed by atoms with Crippen molar-refractivity contribution in [3.63, 3.8) is 0 Å². The molecule has 0 amide bonds. The summed E-state index contributed by atoms with van der Waals surface area (Å²) in [6, 6.07) is 0. The lowest BCUT2D eigenvalue weighted by molar-refractivity contribution is 0.157. The summed E-state index contributed by atoms with van der Waals surface area (Å²) >= 11 is 0. The van der Waals surface area contributed by atoms with Gasteiger partial charge < -0.3 is 10.2 Å². The molecule has 0 bridgehead atoms. The summed E-state index contributed by atoms with van der Waals surface area (Å²) in [5, 5.41) is 20.7. The van der Waals surface area contributed by atoms with Gasteiger partial charge in [-0.2, -0.15) is 5.10 Å². The molecule has 0 aliphatic carbocycles. The van der Waals surface area contributed by atoms with Crippen molar-refractivity contribution in [1.29, 1.82) is 0 Å². The Kier molecular flexibility index (Phi) is 1.45. The normalized spacial score (nSPS) is 27.2. The van der Waals surface area contributed by atoms with Gasteiger partial charge in [-0.1, -0.05) is 0 Å². The first-order chi connectivity index (χ1) is 3.83. The molecule has 0 radical (unpaired) electrons. The molecule has 0 saturated carbocycles. The van der Waals surface area contributed by atoms with E-state index < -0.39 is 6.23 Å². The Hall–Kier alpha value is -0.610. The maximum Gasteiger partial charge on any atom is 0.145 e. The highest BCUT2D eigenvalue weighted by atomic mass is 16.3. The van der Waals surface area contributed by atoms with Gasteiger partial charge in [-0.3, -0.25) is 5.43 Å². The Morgan fingerprint density at radius 3 is 2.88 bits per heavy atom. The van der Waals surface area contributed by atoms with Crippen LogP contribution in [0.25, 0.3) is 0 Å². The van der Waals surface area contributed by atoms with Crippen molar-refractivity contribution in [3.05, 3.63) is 0 Å². The molecule has 46 valence electrons. The van der Waals surface area contributed by atoms with Crippen molar-refractivity contribution >= 4 is 5.71 Å². The topological polar surface area (TPSA) is 64.9 Å². The van der Waals surface area contributed by atoms with E-state index in [0.29, 0.717) is 12.1 Å². The molecule has 1 rings (SSSR count). The molecule has 0 fully saturated rings. The van der Waals surface area contributed by atoms with Crippen LogP contribution in [0.4, 0.5) is 0 Å². The van der Waals surface area contributed by atoms with Crippen LogP contribution < -0.4 is 5.43 Å². The maximum atomic E-state index is 8.69. The van der Waals surface area contributed by atoms with E-state index in [4.69, 9.17) is 10.2 Å². The fourth-order valence-corrected chi connectivity index (χ4v) is 0.580. The largest absolute Gasteiger partial charge is 0.390 e. The summed E-state index contributed by atoms with van der Waals surface area (Å²) in [5.41, 5.74) is 3.01. The van der Waals surface area contributed by atoms with Crippen molar-refractivity contribution in [2.45, 2.75) is 12.6 Å². The standard InChI is InChI=1S/C4H8N2O2/c7-2-3-1-4(8)6-5-3/h4,6-8H,1-2H2. The third kappa shape index (κ3) is 0.962. The number of nitrogens with zero attached hydrogens (tertiary/aromatic N) is 1. The van der Waals surface area contributed by atoms with Gasteiger partial charge >= 0.3 is 0 Å². The minimum absolute atomic E-state index is 0.0654. The van der Waals surface area contributed by atoms with Crippen molar-refractivity contribution in [2.75, 3.05) is 6.61 Å². The Bertz CT molecular complexity index is 113. The monoisotopic (exact) mass is 116 g/mol. The predicted octanol–water partition coefficient (Wildman–Crippen LogP) is -1.35. The van der Waals surface area contributed by atoms with Crippen molar-refractivity contribution in [3.8, 4) is 0 Å². The molecule has 3 N–H and O–H groups in total. The van der Waals surface area contributed by atoms with Crippen molar-refractivity contribution in [1.82, 2.24) is 5.43 Å². The number of aliphatic hydroxyl groups is 2. The summed E-state index contributed by atoms with van der Waals surface area (Å²) < 4.78 is 0. The maximum absolute atomic E-state index is 8.69. The van der Waals surface area contributed by atoms with Crippen LogP contribution in [0.1, 0.15) is 6.42 Å². The van der Waals surface area contributed by atoms with Crippen LogP contribution in [-0.4, -0.2) is 28.8 Å². The van der Waals surface area contributed by atoms with Crippen LogP contribution in [0.3, 0.4) is 0 Å². The average molecular weight is 116 g/mol. The fourth-order valence-electron chi connectivity index (χ4n) is 0.580. The van der Waals surface area contributed by atoms with Gasteiger partial charge in [-0.25, -0.2) is 0 Å². The van der Waals surface area contributed by atoms with Crippen LogP contribution >= 0.6 is 0 Å². The molecule has 4 heteroatoms. The Balaban J connectivity index is 2.37. The van der Waals surface area contributed by atoms with Gasteiger partial charge in [0.15, 0.2) is 0 Å². The first-order valence-corrected chi connectivity index (χ1v) is 2.43. The van der Waals surface area contributed by atoms with Gasteiger partial charge in [0.1, 0.15) is 6.23 Å². The molecule has 1 aliphatic rings. The first kappa shape index (κ1) is 5.53. The van der Waals surface area contributed by atoms with E-state index in [1.807, 2.05) is 0 Å². The summed E-state index contributed by atoms with van der Waals surface area (Å²) in [7, 11) is 0. The van der Waals surface area contributed by atoms with E-state index in [2.05, 4.69) is 10.5 Å². The van der Waals surface area contributed by atoms with E-state index in [0.717, 1.165) is 0 Å². The highest BCUT2D eigenvalue weighted by Gasteiger charge is 2.12. The zero-order chi connectivity index (χ0) is 5.98. The second-order valence-corrected chi connectivity index (χ2v) is 1.69. The molecule has 0 aromatic heterocycles. The molecule has 8 heavy (non-hydrogen) atoms. The molecule has 1 unspecified atom stereocenters. The summed E-state index contributed by atoms with van der Waals surface area (Å²) in [6.07, 6.45) is -0.145. The lowest BCUT2D eigenvalue weighted by Gasteiger charge is -1.95.